The van der Waals surface area contributed by atoms with Crippen molar-refractivity contribution < 1.29 is 14.6 Å². The topological polar surface area (TPSA) is 105 Å². The minimum atomic E-state index is 0.106. The van der Waals surface area contributed by atoms with E-state index in [1.54, 1.807) is 32.4 Å². The van der Waals surface area contributed by atoms with Crippen molar-refractivity contribution >= 4 is 23.9 Å². The molecule has 1 aromatic heterocycles. The second-order valence-electron chi connectivity index (χ2n) is 5.40. The maximum absolute atomic E-state index is 9.82. The maximum atomic E-state index is 9.82. The van der Waals surface area contributed by atoms with Gasteiger partial charge in [0.25, 0.3) is 0 Å². The minimum absolute atomic E-state index is 0.106. The van der Waals surface area contributed by atoms with E-state index in [1.807, 2.05) is 24.3 Å². The Hall–Kier alpha value is -3.20. The molecule has 0 aliphatic heterocycles. The summed E-state index contributed by atoms with van der Waals surface area (Å²) in [5.74, 6) is 2.71. The lowest BCUT2D eigenvalue weighted by Gasteiger charge is -2.02. The van der Waals surface area contributed by atoms with E-state index >= 15 is 0 Å². The van der Waals surface area contributed by atoms with E-state index in [1.165, 1.54) is 18.0 Å². The molecule has 0 saturated heterocycles. The molecule has 3 N–H and O–H groups in total. The van der Waals surface area contributed by atoms with Crippen LogP contribution in [-0.2, 0) is 5.75 Å². The number of rotatable bonds is 8. The summed E-state index contributed by atoms with van der Waals surface area (Å²) in [7, 11) is 3.20. The van der Waals surface area contributed by atoms with Crippen LogP contribution in [0.3, 0.4) is 0 Å². The van der Waals surface area contributed by atoms with Gasteiger partial charge in [0.05, 0.1) is 20.4 Å². The molecule has 3 rings (SSSR count). The molecule has 2 aromatic carbocycles. The largest absolute Gasteiger partial charge is 0.507 e. The number of nitrogens with zero attached hydrogens (tertiary/aromatic N) is 3. The Kier molecular flexibility index (Phi) is 6.16. The van der Waals surface area contributed by atoms with Gasteiger partial charge in [0.15, 0.2) is 0 Å². The van der Waals surface area contributed by atoms with Crippen LogP contribution in [-0.4, -0.2) is 40.7 Å². The molecule has 3 aromatic rings. The number of hydrazone groups is 1. The van der Waals surface area contributed by atoms with E-state index < -0.39 is 0 Å². The molecule has 0 unspecified atom stereocenters. The number of hydrogen-bond acceptors (Lipinski definition) is 8. The van der Waals surface area contributed by atoms with Crippen molar-refractivity contribution in [3.8, 4) is 17.2 Å². The van der Waals surface area contributed by atoms with Crippen LogP contribution in [0.5, 0.6) is 17.2 Å². The van der Waals surface area contributed by atoms with Crippen molar-refractivity contribution in [2.45, 2.75) is 10.9 Å². The molecule has 0 bridgehead atoms. The Morgan fingerprint density at radius 1 is 1.15 bits per heavy atom. The van der Waals surface area contributed by atoms with Crippen LogP contribution in [0.2, 0.25) is 0 Å². The van der Waals surface area contributed by atoms with Gasteiger partial charge in [0.1, 0.15) is 17.2 Å². The van der Waals surface area contributed by atoms with E-state index in [0.29, 0.717) is 22.4 Å². The molecule has 0 radical (unpaired) electrons. The number of phenols is 1. The molecule has 0 spiro atoms. The van der Waals surface area contributed by atoms with E-state index in [-0.39, 0.29) is 5.75 Å². The normalized spacial score (nSPS) is 10.9. The third-order valence-electron chi connectivity index (χ3n) is 3.60. The van der Waals surface area contributed by atoms with E-state index in [2.05, 4.69) is 25.7 Å². The molecule has 27 heavy (non-hydrogen) atoms. The molecule has 0 atom stereocenters. The maximum Gasteiger partial charge on any atom is 0.240 e. The predicted molar refractivity (Wildman–Crippen MR) is 105 cm³/mol. The first kappa shape index (κ1) is 18.6. The third kappa shape index (κ3) is 5.14. The van der Waals surface area contributed by atoms with Gasteiger partial charge in [-0.2, -0.15) is 10.1 Å². The monoisotopic (exact) mass is 385 g/mol. The summed E-state index contributed by atoms with van der Waals surface area (Å²) in [6, 6.07) is 12.7. The number of H-pyrrole nitrogens is 1. The summed E-state index contributed by atoms with van der Waals surface area (Å²) < 4.78 is 10.3. The molecule has 0 aliphatic rings. The first-order valence-corrected chi connectivity index (χ1v) is 9.00. The summed E-state index contributed by atoms with van der Waals surface area (Å²) in [5, 5.41) is 21.4. The van der Waals surface area contributed by atoms with Crippen LogP contribution in [0.1, 0.15) is 11.1 Å². The Morgan fingerprint density at radius 3 is 2.63 bits per heavy atom. The Bertz CT molecular complexity index is 912. The highest BCUT2D eigenvalue weighted by atomic mass is 32.2. The van der Waals surface area contributed by atoms with Crippen molar-refractivity contribution in [3.05, 3.63) is 53.6 Å². The van der Waals surface area contributed by atoms with E-state index in [0.717, 1.165) is 17.1 Å². The molecule has 0 aliphatic carbocycles. The summed E-state index contributed by atoms with van der Waals surface area (Å²) >= 11 is 1.50. The summed E-state index contributed by atoms with van der Waals surface area (Å²) in [5.41, 5.74) is 4.42. The lowest BCUT2D eigenvalue weighted by molar-refractivity contribution is 0.412. The first-order valence-electron chi connectivity index (χ1n) is 8.02. The zero-order valence-corrected chi connectivity index (χ0v) is 15.7. The number of methoxy groups -OCH3 is 2. The molecule has 8 nitrogen and oxygen atoms in total. The summed E-state index contributed by atoms with van der Waals surface area (Å²) in [6.07, 6.45) is 1.48. The molecular weight excluding hydrogens is 366 g/mol. The molecule has 140 valence electrons. The highest BCUT2D eigenvalue weighted by molar-refractivity contribution is 7.98. The number of anilines is 1. The van der Waals surface area contributed by atoms with E-state index in [9.17, 15) is 5.11 Å². The number of benzene rings is 2. The van der Waals surface area contributed by atoms with Gasteiger partial charge in [-0.15, -0.1) is 5.10 Å². The van der Waals surface area contributed by atoms with Gasteiger partial charge in [0.2, 0.25) is 11.1 Å². The van der Waals surface area contributed by atoms with Gasteiger partial charge in [0, 0.05) is 11.3 Å². The average molecular weight is 385 g/mol. The van der Waals surface area contributed by atoms with Crippen LogP contribution in [0.15, 0.2) is 52.7 Å². The zero-order chi connectivity index (χ0) is 19.1. The molecule has 1 heterocycles. The Labute approximate surface area is 160 Å². The quantitative estimate of drug-likeness (QED) is 0.310. The number of aromatic hydroxyl groups is 1. The van der Waals surface area contributed by atoms with Crippen LogP contribution in [0, 0.1) is 0 Å². The fraction of sp³-hybridized carbons (Fsp3) is 0.167. The van der Waals surface area contributed by atoms with Gasteiger partial charge < -0.3 is 14.6 Å². The Morgan fingerprint density at radius 2 is 1.89 bits per heavy atom. The summed E-state index contributed by atoms with van der Waals surface area (Å²) in [4.78, 5) is 4.31. The van der Waals surface area contributed by atoms with Gasteiger partial charge in [-0.1, -0.05) is 23.9 Å². The van der Waals surface area contributed by atoms with Crippen LogP contribution < -0.4 is 14.9 Å². The van der Waals surface area contributed by atoms with Crippen molar-refractivity contribution in [2.24, 2.45) is 5.10 Å². The smallest absolute Gasteiger partial charge is 0.240 e. The fourth-order valence-corrected chi connectivity index (χ4v) is 2.91. The number of nitrogens with one attached hydrogen (secondary N) is 2. The van der Waals surface area contributed by atoms with Crippen molar-refractivity contribution in [3.63, 3.8) is 0 Å². The molecular formula is C18H19N5O3S. The SMILES string of the molecule is COc1ccc(CSc2n[nH]c(N/N=C\c3cc(OC)ccc3O)n2)cc1. The second kappa shape index (κ2) is 8.95. The number of aromatic amines is 1. The standard InChI is InChI=1S/C18H19N5O3S/c1-25-14-5-3-12(4-6-14)11-27-18-20-17(22-23-18)21-19-10-13-9-15(26-2)7-8-16(13)24/h3-10,24H,11H2,1-2H3,(H2,20,21,22,23)/b19-10-. The second-order valence-corrected chi connectivity index (χ2v) is 6.34. The average Bonchev–Trinajstić information content (AvgIpc) is 3.16. The number of phenolic OH excluding ortho intramolecular Hbond substituents is 1. The predicted octanol–water partition coefficient (Wildman–Crippen LogP) is 3.27. The van der Waals surface area contributed by atoms with Gasteiger partial charge in [-0.3, -0.25) is 0 Å². The van der Waals surface area contributed by atoms with Gasteiger partial charge in [-0.25, -0.2) is 10.5 Å². The lowest BCUT2D eigenvalue weighted by atomic mass is 10.2. The lowest BCUT2D eigenvalue weighted by Crippen LogP contribution is -1.93. The number of hydrogen-bond donors (Lipinski definition) is 3. The Balaban J connectivity index is 1.54. The highest BCUT2D eigenvalue weighted by Crippen LogP contribution is 2.22. The van der Waals surface area contributed by atoms with Gasteiger partial charge >= 0.3 is 0 Å². The molecule has 0 saturated carbocycles. The number of aromatic nitrogens is 3. The highest BCUT2D eigenvalue weighted by Gasteiger charge is 2.05. The molecule has 0 fully saturated rings. The number of ether oxygens (including phenoxy) is 2. The van der Waals surface area contributed by atoms with Crippen LogP contribution >= 0.6 is 11.8 Å². The molecule has 0 amide bonds. The van der Waals surface area contributed by atoms with Crippen LogP contribution in [0.25, 0.3) is 0 Å². The van der Waals surface area contributed by atoms with Crippen molar-refractivity contribution in [1.29, 1.82) is 0 Å². The minimum Gasteiger partial charge on any atom is -0.507 e. The van der Waals surface area contributed by atoms with Crippen molar-refractivity contribution in [2.75, 3.05) is 19.6 Å². The van der Waals surface area contributed by atoms with E-state index in [4.69, 9.17) is 9.47 Å². The third-order valence-corrected chi connectivity index (χ3v) is 4.52. The zero-order valence-electron chi connectivity index (χ0n) is 14.8. The van der Waals surface area contributed by atoms with Crippen molar-refractivity contribution in [1.82, 2.24) is 15.2 Å². The first-order chi connectivity index (χ1) is 13.2. The van der Waals surface area contributed by atoms with Gasteiger partial charge in [-0.05, 0) is 35.9 Å². The molecule has 9 heteroatoms. The summed E-state index contributed by atoms with van der Waals surface area (Å²) in [6.45, 7) is 0. The van der Waals surface area contributed by atoms with Crippen LogP contribution in [0.4, 0.5) is 5.95 Å². The number of thioether (sulfide) groups is 1. The fourth-order valence-electron chi connectivity index (χ4n) is 2.16.